The fourth-order valence-corrected chi connectivity index (χ4v) is 2.46. The third-order valence-electron chi connectivity index (χ3n) is 3.81. The van der Waals surface area contributed by atoms with Gasteiger partial charge in [-0.1, -0.05) is 13.8 Å². The van der Waals surface area contributed by atoms with Crippen molar-refractivity contribution in [2.75, 3.05) is 0 Å². The van der Waals surface area contributed by atoms with Crippen molar-refractivity contribution in [3.8, 4) is 0 Å². The molecule has 0 aromatic carbocycles. The Morgan fingerprint density at radius 3 is 2.52 bits per heavy atom. The van der Waals surface area contributed by atoms with Crippen molar-refractivity contribution in [2.45, 2.75) is 51.7 Å². The van der Waals surface area contributed by atoms with E-state index in [0.717, 1.165) is 24.6 Å². The first-order chi connectivity index (χ1) is 10.2. The van der Waals surface area contributed by atoms with Gasteiger partial charge in [0.2, 0.25) is 0 Å². The molecule has 0 atom stereocenters. The second-order valence-corrected chi connectivity index (χ2v) is 6.05. The molecular formula is C17H22N4. The van der Waals surface area contributed by atoms with Crippen LogP contribution < -0.4 is 0 Å². The molecule has 0 saturated heterocycles. The van der Waals surface area contributed by atoms with Crippen LogP contribution >= 0.6 is 0 Å². The van der Waals surface area contributed by atoms with Gasteiger partial charge >= 0.3 is 0 Å². The highest BCUT2D eigenvalue weighted by Crippen LogP contribution is 2.29. The van der Waals surface area contributed by atoms with Gasteiger partial charge in [-0.2, -0.15) is 0 Å². The van der Waals surface area contributed by atoms with Crippen molar-refractivity contribution in [3.63, 3.8) is 0 Å². The Balaban J connectivity index is 1.72. The standard InChI is InChI=1S/C17H22N4/c1-13(2)17-19-10-7-15(20-17)12-21(16-3-4-16)11-14-5-8-18-9-6-14/h5-10,13,16H,3-4,11-12H2,1-2H3. The van der Waals surface area contributed by atoms with Crippen LogP contribution in [0.2, 0.25) is 0 Å². The van der Waals surface area contributed by atoms with Crippen LogP contribution in [0.4, 0.5) is 0 Å². The number of nitrogens with zero attached hydrogens (tertiary/aromatic N) is 4. The SMILES string of the molecule is CC(C)c1nccc(CN(Cc2ccncc2)C2CC2)n1. The summed E-state index contributed by atoms with van der Waals surface area (Å²) >= 11 is 0. The van der Waals surface area contributed by atoms with Crippen molar-refractivity contribution < 1.29 is 0 Å². The number of hydrogen-bond donors (Lipinski definition) is 0. The highest BCUT2D eigenvalue weighted by Gasteiger charge is 2.29. The van der Waals surface area contributed by atoms with E-state index >= 15 is 0 Å². The van der Waals surface area contributed by atoms with Crippen molar-refractivity contribution in [3.05, 3.63) is 53.9 Å². The number of rotatable bonds is 6. The van der Waals surface area contributed by atoms with Gasteiger partial charge in [0.15, 0.2) is 0 Å². The van der Waals surface area contributed by atoms with Gasteiger partial charge in [-0.15, -0.1) is 0 Å². The summed E-state index contributed by atoms with van der Waals surface area (Å²) in [5, 5.41) is 0. The Kier molecular flexibility index (Phi) is 4.25. The van der Waals surface area contributed by atoms with E-state index in [-0.39, 0.29) is 0 Å². The molecule has 1 saturated carbocycles. The molecule has 4 heteroatoms. The summed E-state index contributed by atoms with van der Waals surface area (Å²) in [7, 11) is 0. The summed E-state index contributed by atoms with van der Waals surface area (Å²) in [5.74, 6) is 1.31. The molecule has 0 amide bonds. The summed E-state index contributed by atoms with van der Waals surface area (Å²) in [4.78, 5) is 15.7. The zero-order chi connectivity index (χ0) is 14.7. The Labute approximate surface area is 126 Å². The zero-order valence-electron chi connectivity index (χ0n) is 12.7. The fourth-order valence-electron chi connectivity index (χ4n) is 2.46. The topological polar surface area (TPSA) is 41.9 Å². The number of aromatic nitrogens is 3. The Morgan fingerprint density at radius 1 is 1.10 bits per heavy atom. The second kappa shape index (κ2) is 6.31. The van der Waals surface area contributed by atoms with E-state index in [9.17, 15) is 0 Å². The number of hydrogen-bond acceptors (Lipinski definition) is 4. The van der Waals surface area contributed by atoms with Crippen LogP contribution in [0.3, 0.4) is 0 Å². The van der Waals surface area contributed by atoms with Crippen LogP contribution in [0.5, 0.6) is 0 Å². The normalized spacial score (nSPS) is 14.9. The van der Waals surface area contributed by atoms with Crippen molar-refractivity contribution in [1.29, 1.82) is 0 Å². The van der Waals surface area contributed by atoms with Crippen LogP contribution in [-0.2, 0) is 13.1 Å². The first-order valence-corrected chi connectivity index (χ1v) is 7.67. The lowest BCUT2D eigenvalue weighted by Gasteiger charge is -2.22. The summed E-state index contributed by atoms with van der Waals surface area (Å²) in [5.41, 5.74) is 2.43. The van der Waals surface area contributed by atoms with Crippen molar-refractivity contribution in [1.82, 2.24) is 19.9 Å². The lowest BCUT2D eigenvalue weighted by molar-refractivity contribution is 0.242. The number of pyridine rings is 1. The van der Waals surface area contributed by atoms with Crippen LogP contribution in [0.1, 0.15) is 49.7 Å². The van der Waals surface area contributed by atoms with Gasteiger partial charge in [-0.3, -0.25) is 9.88 Å². The largest absolute Gasteiger partial charge is 0.290 e. The van der Waals surface area contributed by atoms with Gasteiger partial charge in [0.25, 0.3) is 0 Å². The minimum absolute atomic E-state index is 0.375. The molecule has 3 rings (SSSR count). The molecule has 21 heavy (non-hydrogen) atoms. The Bertz CT molecular complexity index is 578. The third kappa shape index (κ3) is 3.85. The van der Waals surface area contributed by atoms with E-state index < -0.39 is 0 Å². The van der Waals surface area contributed by atoms with Gasteiger partial charge in [0, 0.05) is 43.6 Å². The second-order valence-electron chi connectivity index (χ2n) is 6.05. The molecule has 1 aliphatic carbocycles. The van der Waals surface area contributed by atoms with Crippen LogP contribution in [0.15, 0.2) is 36.8 Å². The molecule has 0 unspecified atom stereocenters. The predicted molar refractivity (Wildman–Crippen MR) is 82.6 cm³/mol. The molecule has 2 aromatic rings. The van der Waals surface area contributed by atoms with E-state index in [4.69, 9.17) is 4.98 Å². The van der Waals surface area contributed by atoms with E-state index in [0.29, 0.717) is 12.0 Å². The smallest absolute Gasteiger partial charge is 0.131 e. The molecule has 2 aromatic heterocycles. The molecule has 4 nitrogen and oxygen atoms in total. The minimum Gasteiger partial charge on any atom is -0.290 e. The molecule has 0 radical (unpaired) electrons. The summed E-state index contributed by atoms with van der Waals surface area (Å²) in [6.45, 7) is 6.13. The first-order valence-electron chi connectivity index (χ1n) is 7.67. The van der Waals surface area contributed by atoms with Gasteiger partial charge in [-0.25, -0.2) is 9.97 Å². The lowest BCUT2D eigenvalue weighted by Crippen LogP contribution is -2.25. The van der Waals surface area contributed by atoms with Crippen LogP contribution in [0.25, 0.3) is 0 Å². The van der Waals surface area contributed by atoms with E-state index in [2.05, 4.69) is 40.8 Å². The first kappa shape index (κ1) is 14.1. The predicted octanol–water partition coefficient (Wildman–Crippen LogP) is 3.16. The average Bonchev–Trinajstić information content (AvgIpc) is 3.33. The summed E-state index contributed by atoms with van der Waals surface area (Å²) in [6.07, 6.45) is 8.21. The van der Waals surface area contributed by atoms with Crippen molar-refractivity contribution >= 4 is 0 Å². The summed E-state index contributed by atoms with van der Waals surface area (Å²) in [6, 6.07) is 6.92. The third-order valence-corrected chi connectivity index (χ3v) is 3.81. The van der Waals surface area contributed by atoms with Gasteiger partial charge in [-0.05, 0) is 36.6 Å². The maximum atomic E-state index is 4.70. The van der Waals surface area contributed by atoms with Crippen LogP contribution in [0, 0.1) is 0 Å². The van der Waals surface area contributed by atoms with E-state index in [1.54, 1.807) is 0 Å². The van der Waals surface area contributed by atoms with E-state index in [1.165, 1.54) is 18.4 Å². The fraction of sp³-hybridized carbons (Fsp3) is 0.471. The van der Waals surface area contributed by atoms with E-state index in [1.807, 2.05) is 24.7 Å². The Morgan fingerprint density at radius 2 is 1.86 bits per heavy atom. The monoisotopic (exact) mass is 282 g/mol. The van der Waals surface area contributed by atoms with Crippen molar-refractivity contribution in [2.24, 2.45) is 0 Å². The van der Waals surface area contributed by atoms with Gasteiger partial charge in [0.05, 0.1) is 5.69 Å². The maximum Gasteiger partial charge on any atom is 0.131 e. The van der Waals surface area contributed by atoms with Crippen LogP contribution in [-0.4, -0.2) is 25.9 Å². The average molecular weight is 282 g/mol. The minimum atomic E-state index is 0.375. The molecule has 1 aliphatic rings. The zero-order valence-corrected chi connectivity index (χ0v) is 12.7. The lowest BCUT2D eigenvalue weighted by atomic mass is 10.2. The summed E-state index contributed by atoms with van der Waals surface area (Å²) < 4.78 is 0. The molecule has 0 bridgehead atoms. The van der Waals surface area contributed by atoms with Gasteiger partial charge < -0.3 is 0 Å². The molecule has 110 valence electrons. The Hall–Kier alpha value is -1.81. The van der Waals surface area contributed by atoms with Gasteiger partial charge in [0.1, 0.15) is 5.82 Å². The molecule has 0 spiro atoms. The highest BCUT2D eigenvalue weighted by atomic mass is 15.2. The maximum absolute atomic E-state index is 4.70. The molecule has 0 N–H and O–H groups in total. The molecular weight excluding hydrogens is 260 g/mol. The molecule has 2 heterocycles. The quantitative estimate of drug-likeness (QED) is 0.816. The highest BCUT2D eigenvalue weighted by molar-refractivity contribution is 5.11. The molecule has 0 aliphatic heterocycles. The molecule has 1 fully saturated rings.